The van der Waals surface area contributed by atoms with E-state index in [9.17, 15) is 43.9 Å². The van der Waals surface area contributed by atoms with Crippen LogP contribution < -0.4 is 0 Å². The second-order valence-electron chi connectivity index (χ2n) is 5.09. The molecular weight excluding hydrogens is 396 g/mol. The van der Waals surface area contributed by atoms with Gasteiger partial charge in [-0.2, -0.15) is 22.0 Å². The van der Waals surface area contributed by atoms with Crippen LogP contribution in [0.5, 0.6) is 0 Å². The average Bonchev–Trinajstić information content (AvgIpc) is 2.32. The van der Waals surface area contributed by atoms with Crippen LogP contribution in [-0.4, -0.2) is 46.7 Å². The summed E-state index contributed by atoms with van der Waals surface area (Å²) in [6, 6.07) is 0. The topological polar surface area (TPSA) is 9.23 Å². The number of halogens is 12. The maximum Gasteiger partial charge on any atom is 0.344 e. The van der Waals surface area contributed by atoms with E-state index < -0.39 is 53.7 Å². The van der Waals surface area contributed by atoms with Crippen molar-refractivity contribution in [2.75, 3.05) is 0 Å². The third-order valence-electron chi connectivity index (χ3n) is 3.52. The van der Waals surface area contributed by atoms with Crippen molar-refractivity contribution < 1.29 is 48.6 Å². The molecule has 136 valence electrons. The van der Waals surface area contributed by atoms with E-state index in [-0.39, 0.29) is 6.82 Å². The Hall–Kier alpha value is -0.0951. The van der Waals surface area contributed by atoms with Gasteiger partial charge in [-0.05, 0) is 0 Å². The molecule has 1 aliphatic rings. The van der Waals surface area contributed by atoms with Crippen LogP contribution in [0.4, 0.5) is 43.9 Å². The van der Waals surface area contributed by atoms with E-state index in [2.05, 4.69) is 4.74 Å². The third-order valence-corrected chi connectivity index (χ3v) is 4.15. The molecule has 1 fully saturated rings. The summed E-state index contributed by atoms with van der Waals surface area (Å²) < 4.78 is 134. The molecule has 0 bridgehead atoms. The van der Waals surface area contributed by atoms with E-state index >= 15 is 0 Å². The number of ether oxygens (including phenoxy) is 1. The summed E-state index contributed by atoms with van der Waals surface area (Å²) in [6.45, 7) is -4.36. The fourth-order valence-electron chi connectivity index (χ4n) is 2.06. The van der Waals surface area contributed by atoms with Crippen molar-refractivity contribution in [3.8, 4) is 0 Å². The molecule has 0 aromatic rings. The molecule has 2 atom stereocenters. The first-order valence-corrected chi connectivity index (χ1v) is 6.44. The monoisotopic (exact) mass is 402 g/mol. The standard InChI is InChI=1S/C9H7BCl2F10O/c1-4(15,16)8(22)6(18,19)5(17,10(2)3(13)14)7(20,21)9(11,12)23-8/h3H,1-2H3. The van der Waals surface area contributed by atoms with Gasteiger partial charge in [-0.15, -0.1) is 0 Å². The average molecular weight is 403 g/mol. The normalized spacial score (nSPS) is 36.1. The van der Waals surface area contributed by atoms with Crippen molar-refractivity contribution in [2.45, 2.75) is 53.8 Å². The minimum absolute atomic E-state index is 0.157. The molecular formula is C9H7BCl2F10O. The lowest BCUT2D eigenvalue weighted by Crippen LogP contribution is -2.84. The van der Waals surface area contributed by atoms with Crippen LogP contribution in [0.15, 0.2) is 0 Å². The SMILES string of the molecule is CB(C(F)F)C1(F)C(F)(F)C(Cl)(Cl)OC(F)(C(C)(F)F)C1(F)F. The van der Waals surface area contributed by atoms with Crippen LogP contribution in [0, 0.1) is 0 Å². The molecule has 0 spiro atoms. The van der Waals surface area contributed by atoms with Crippen molar-refractivity contribution >= 4 is 29.9 Å². The van der Waals surface area contributed by atoms with E-state index in [1.54, 1.807) is 0 Å². The molecule has 1 rings (SSSR count). The fraction of sp³-hybridized carbons (Fsp3) is 1.00. The highest BCUT2D eigenvalue weighted by atomic mass is 35.5. The van der Waals surface area contributed by atoms with Gasteiger partial charge in [0.25, 0.3) is 11.2 Å². The largest absolute Gasteiger partial charge is 0.344 e. The zero-order valence-corrected chi connectivity index (χ0v) is 12.6. The second-order valence-corrected chi connectivity index (χ2v) is 6.34. The Morgan fingerprint density at radius 2 is 1.35 bits per heavy atom. The fourth-order valence-corrected chi connectivity index (χ4v) is 2.55. The van der Waals surface area contributed by atoms with Gasteiger partial charge in [-0.3, -0.25) is 4.74 Å². The molecule has 0 aromatic heterocycles. The first-order chi connectivity index (χ1) is 9.81. The maximum absolute atomic E-state index is 14.5. The van der Waals surface area contributed by atoms with Gasteiger partial charge in [0.2, 0.25) is 11.9 Å². The molecule has 23 heavy (non-hydrogen) atoms. The van der Waals surface area contributed by atoms with Crippen LogP contribution in [0.1, 0.15) is 6.92 Å². The number of rotatable bonds is 3. The van der Waals surface area contributed by atoms with Gasteiger partial charge in [-0.25, -0.2) is 22.0 Å². The quantitative estimate of drug-likeness (QED) is 0.370. The van der Waals surface area contributed by atoms with Crippen molar-refractivity contribution in [3.63, 3.8) is 0 Å². The minimum atomic E-state index is -6.44. The van der Waals surface area contributed by atoms with Gasteiger partial charge in [0.1, 0.15) is 0 Å². The van der Waals surface area contributed by atoms with Gasteiger partial charge in [0.15, 0.2) is 0 Å². The molecule has 0 radical (unpaired) electrons. The summed E-state index contributed by atoms with van der Waals surface area (Å²) in [6.07, 6.45) is -4.21. The van der Waals surface area contributed by atoms with Crippen molar-refractivity contribution in [1.29, 1.82) is 0 Å². The summed E-state index contributed by atoms with van der Waals surface area (Å²) in [4.78, 5) is 0. The number of alkyl halides is 12. The number of hydrogen-bond donors (Lipinski definition) is 0. The second kappa shape index (κ2) is 5.20. The Kier molecular flexibility index (Phi) is 4.74. The molecule has 2 unspecified atom stereocenters. The first-order valence-electron chi connectivity index (χ1n) is 5.68. The number of hydrogen-bond acceptors (Lipinski definition) is 1. The lowest BCUT2D eigenvalue weighted by atomic mass is 9.36. The molecule has 14 heteroatoms. The maximum atomic E-state index is 14.5. The van der Waals surface area contributed by atoms with Crippen LogP contribution in [0.2, 0.25) is 6.82 Å². The Bertz CT molecular complexity index is 483. The van der Waals surface area contributed by atoms with Crippen molar-refractivity contribution in [1.82, 2.24) is 0 Å². The van der Waals surface area contributed by atoms with E-state index in [1.807, 2.05) is 0 Å². The van der Waals surface area contributed by atoms with Crippen LogP contribution in [0.3, 0.4) is 0 Å². The smallest absolute Gasteiger partial charge is 0.294 e. The third kappa shape index (κ3) is 2.34. The van der Waals surface area contributed by atoms with Crippen LogP contribution in [0.25, 0.3) is 0 Å². The Morgan fingerprint density at radius 3 is 1.65 bits per heavy atom. The molecule has 0 aromatic carbocycles. The highest BCUT2D eigenvalue weighted by Crippen LogP contribution is 2.67. The Labute approximate surface area is 133 Å². The highest BCUT2D eigenvalue weighted by molar-refractivity contribution is 6.63. The zero-order valence-electron chi connectivity index (χ0n) is 11.1. The van der Waals surface area contributed by atoms with Crippen LogP contribution in [-0.2, 0) is 4.74 Å². The van der Waals surface area contributed by atoms with Crippen molar-refractivity contribution in [2.24, 2.45) is 0 Å². The predicted molar refractivity (Wildman–Crippen MR) is 61.3 cm³/mol. The summed E-state index contributed by atoms with van der Waals surface area (Å²) in [7, 11) is 0. The molecule has 1 saturated heterocycles. The van der Waals surface area contributed by atoms with E-state index in [4.69, 9.17) is 23.2 Å². The zero-order chi connectivity index (χ0) is 18.9. The van der Waals surface area contributed by atoms with Gasteiger partial charge < -0.3 is 0 Å². The minimum Gasteiger partial charge on any atom is -0.294 e. The van der Waals surface area contributed by atoms with Gasteiger partial charge in [0.05, 0.1) is 0 Å². The summed E-state index contributed by atoms with van der Waals surface area (Å²) in [5.41, 5.74) is -5.88. The van der Waals surface area contributed by atoms with Crippen molar-refractivity contribution in [3.05, 3.63) is 0 Å². The Morgan fingerprint density at radius 1 is 0.957 bits per heavy atom. The van der Waals surface area contributed by atoms with Gasteiger partial charge >= 0.3 is 23.6 Å². The predicted octanol–water partition coefficient (Wildman–Crippen LogP) is 4.92. The summed E-state index contributed by atoms with van der Waals surface area (Å²) >= 11 is 9.43. The molecule has 0 saturated carbocycles. The Balaban J connectivity index is 3.81. The molecule has 1 nitrogen and oxygen atoms in total. The molecule has 1 aliphatic heterocycles. The van der Waals surface area contributed by atoms with E-state index in [0.717, 1.165) is 0 Å². The first kappa shape index (κ1) is 20.9. The molecule has 0 aliphatic carbocycles. The summed E-state index contributed by atoms with van der Waals surface area (Å²) in [5.74, 6) is -23.5. The molecule has 1 heterocycles. The lowest BCUT2D eigenvalue weighted by molar-refractivity contribution is -0.449. The highest BCUT2D eigenvalue weighted by Gasteiger charge is 2.94. The molecule has 0 amide bonds. The van der Waals surface area contributed by atoms with Crippen LogP contribution >= 0.6 is 23.2 Å². The lowest BCUT2D eigenvalue weighted by Gasteiger charge is -2.55. The van der Waals surface area contributed by atoms with E-state index in [1.165, 1.54) is 0 Å². The van der Waals surface area contributed by atoms with E-state index in [0.29, 0.717) is 0 Å². The molecule has 0 N–H and O–H groups in total. The van der Waals surface area contributed by atoms with Gasteiger partial charge in [-0.1, -0.05) is 30.0 Å². The van der Waals surface area contributed by atoms with Gasteiger partial charge in [0, 0.05) is 6.92 Å². The summed E-state index contributed by atoms with van der Waals surface area (Å²) in [5, 5.41) is 0.